The van der Waals surface area contributed by atoms with Crippen LogP contribution < -0.4 is 5.32 Å². The van der Waals surface area contributed by atoms with Crippen LogP contribution in [0.1, 0.15) is 41.0 Å². The van der Waals surface area contributed by atoms with Crippen LogP contribution in [-0.2, 0) is 23.7 Å². The number of nitrogens with one attached hydrogen (secondary N) is 1. The second-order valence-corrected chi connectivity index (χ2v) is 7.38. The van der Waals surface area contributed by atoms with Crippen LogP contribution in [0.4, 0.5) is 0 Å². The highest BCUT2D eigenvalue weighted by atomic mass is 16.8. The molecule has 0 aromatic rings. The van der Waals surface area contributed by atoms with E-state index >= 15 is 0 Å². The molecular formula is C15H25NO6. The molecule has 22 heavy (non-hydrogen) atoms. The molecule has 2 aliphatic heterocycles. The number of aliphatic hydroxyl groups is 1. The third kappa shape index (κ3) is 2.76. The number of hydrogen-bond acceptors (Lipinski definition) is 6. The third-order valence-electron chi connectivity index (χ3n) is 4.40. The number of rotatable bonds is 2. The summed E-state index contributed by atoms with van der Waals surface area (Å²) in [6.45, 7) is 8.80. The van der Waals surface area contributed by atoms with Crippen molar-refractivity contribution < 1.29 is 28.8 Å². The van der Waals surface area contributed by atoms with E-state index in [0.29, 0.717) is 6.42 Å². The van der Waals surface area contributed by atoms with Gasteiger partial charge >= 0.3 is 0 Å². The molecule has 0 aromatic heterocycles. The van der Waals surface area contributed by atoms with E-state index in [4.69, 9.17) is 18.9 Å². The van der Waals surface area contributed by atoms with Gasteiger partial charge < -0.3 is 29.4 Å². The molecule has 0 radical (unpaired) electrons. The number of carbonyl (C=O) groups excluding carboxylic acids is 1. The predicted molar refractivity (Wildman–Crippen MR) is 75.9 cm³/mol. The normalized spacial score (nSPS) is 45.2. The number of carbonyl (C=O) groups is 1. The van der Waals surface area contributed by atoms with Crippen molar-refractivity contribution in [2.75, 3.05) is 6.54 Å². The molecule has 0 bridgehead atoms. The monoisotopic (exact) mass is 315 g/mol. The Bertz CT molecular complexity index is 479. The summed E-state index contributed by atoms with van der Waals surface area (Å²) in [5, 5.41) is 13.8. The van der Waals surface area contributed by atoms with Gasteiger partial charge in [-0.2, -0.15) is 0 Å². The fraction of sp³-hybridized carbons (Fsp3) is 0.933. The maximum atomic E-state index is 11.2. The fourth-order valence-corrected chi connectivity index (χ4v) is 3.66. The standard InChI is InChI=1S/C15H25NO6/c1-8(17)16-7-15(18)6-9-10(20-13(2,3)19-9)11-12(15)22-14(4,5)21-11/h9-12,18H,6-7H2,1-5H3,(H,16,17)/t9-,10-,11-,12+,15+/m0/s1. The average Bonchev–Trinajstić information content (AvgIpc) is 2.83. The molecule has 2 heterocycles. The van der Waals surface area contributed by atoms with Crippen molar-refractivity contribution in [3.05, 3.63) is 0 Å². The number of amides is 1. The van der Waals surface area contributed by atoms with Crippen LogP contribution in [0.25, 0.3) is 0 Å². The van der Waals surface area contributed by atoms with Crippen molar-refractivity contribution in [2.24, 2.45) is 0 Å². The van der Waals surface area contributed by atoms with Crippen LogP contribution in [-0.4, -0.2) is 59.1 Å². The molecule has 126 valence electrons. The lowest BCUT2D eigenvalue weighted by Gasteiger charge is -2.43. The summed E-state index contributed by atoms with van der Waals surface area (Å²) in [7, 11) is 0. The lowest BCUT2D eigenvalue weighted by atomic mass is 9.77. The summed E-state index contributed by atoms with van der Waals surface area (Å²) >= 11 is 0. The van der Waals surface area contributed by atoms with Gasteiger partial charge in [0.2, 0.25) is 5.91 Å². The first-order chi connectivity index (χ1) is 10.0. The van der Waals surface area contributed by atoms with Gasteiger partial charge in [-0.05, 0) is 27.7 Å². The summed E-state index contributed by atoms with van der Waals surface area (Å²) in [5.41, 5.74) is -1.25. The third-order valence-corrected chi connectivity index (χ3v) is 4.40. The highest BCUT2D eigenvalue weighted by Crippen LogP contribution is 2.48. The Balaban J connectivity index is 1.88. The second kappa shape index (κ2) is 4.88. The van der Waals surface area contributed by atoms with Gasteiger partial charge in [-0.25, -0.2) is 0 Å². The SMILES string of the molecule is CC(=O)NC[C@]1(O)C[C@@H]2OC(C)(C)O[C@@H]2[C@@H]2OC(C)(C)O[C@H]21. The van der Waals surface area contributed by atoms with Crippen LogP contribution in [0.3, 0.4) is 0 Å². The van der Waals surface area contributed by atoms with E-state index in [9.17, 15) is 9.90 Å². The molecule has 1 amide bonds. The van der Waals surface area contributed by atoms with Gasteiger partial charge in [-0.3, -0.25) is 4.79 Å². The minimum atomic E-state index is -1.25. The highest BCUT2D eigenvalue weighted by Gasteiger charge is 2.64. The van der Waals surface area contributed by atoms with Crippen LogP contribution >= 0.6 is 0 Å². The van der Waals surface area contributed by atoms with E-state index in [1.807, 2.05) is 13.8 Å². The highest BCUT2D eigenvalue weighted by molar-refractivity contribution is 5.72. The summed E-state index contributed by atoms with van der Waals surface area (Å²) in [6.07, 6.45) is -1.28. The van der Waals surface area contributed by atoms with Crippen LogP contribution in [0.2, 0.25) is 0 Å². The Hall–Kier alpha value is -0.730. The molecule has 7 nitrogen and oxygen atoms in total. The Morgan fingerprint density at radius 3 is 2.32 bits per heavy atom. The fourth-order valence-electron chi connectivity index (χ4n) is 3.66. The summed E-state index contributed by atoms with van der Waals surface area (Å²) in [4.78, 5) is 11.2. The molecule has 2 N–H and O–H groups in total. The molecule has 0 unspecified atom stereocenters. The Morgan fingerprint density at radius 2 is 1.68 bits per heavy atom. The average molecular weight is 315 g/mol. The maximum Gasteiger partial charge on any atom is 0.216 e. The van der Waals surface area contributed by atoms with E-state index in [1.54, 1.807) is 13.8 Å². The lowest BCUT2D eigenvalue weighted by molar-refractivity contribution is -0.184. The Labute approximate surface area is 130 Å². The van der Waals surface area contributed by atoms with Crippen molar-refractivity contribution in [1.29, 1.82) is 0 Å². The molecule has 1 aliphatic carbocycles. The smallest absolute Gasteiger partial charge is 0.216 e. The molecular weight excluding hydrogens is 290 g/mol. The number of fused-ring (bicyclic) bond motifs is 3. The molecule has 0 aromatic carbocycles. The van der Waals surface area contributed by atoms with E-state index < -0.39 is 29.4 Å². The minimum Gasteiger partial charge on any atom is -0.385 e. The van der Waals surface area contributed by atoms with Crippen molar-refractivity contribution in [1.82, 2.24) is 5.32 Å². The van der Waals surface area contributed by atoms with Crippen molar-refractivity contribution in [3.63, 3.8) is 0 Å². The van der Waals surface area contributed by atoms with Gasteiger partial charge in [0.15, 0.2) is 11.6 Å². The zero-order valence-electron chi connectivity index (χ0n) is 13.7. The van der Waals surface area contributed by atoms with E-state index in [0.717, 1.165) is 0 Å². The van der Waals surface area contributed by atoms with Crippen LogP contribution in [0, 0.1) is 0 Å². The second-order valence-electron chi connectivity index (χ2n) is 7.38. The van der Waals surface area contributed by atoms with Crippen molar-refractivity contribution in [3.8, 4) is 0 Å². The van der Waals surface area contributed by atoms with Crippen LogP contribution in [0.5, 0.6) is 0 Å². The molecule has 3 aliphatic rings. The molecule has 0 spiro atoms. The van der Waals surface area contributed by atoms with Crippen LogP contribution in [0.15, 0.2) is 0 Å². The molecule has 7 heteroatoms. The number of hydrogen-bond donors (Lipinski definition) is 2. The topological polar surface area (TPSA) is 86.3 Å². The molecule has 3 rings (SSSR count). The molecule has 1 saturated carbocycles. The Kier molecular flexibility index (Phi) is 3.58. The van der Waals surface area contributed by atoms with Gasteiger partial charge in [0.1, 0.15) is 23.9 Å². The predicted octanol–water partition coefficient (Wildman–Crippen LogP) is 0.297. The Morgan fingerprint density at radius 1 is 1.09 bits per heavy atom. The quantitative estimate of drug-likeness (QED) is 0.762. The molecule has 5 atom stereocenters. The van der Waals surface area contributed by atoms with Crippen molar-refractivity contribution >= 4 is 5.91 Å². The lowest BCUT2D eigenvalue weighted by Crippen LogP contribution is -2.64. The number of ether oxygens (including phenoxy) is 4. The zero-order chi connectivity index (χ0) is 16.3. The summed E-state index contributed by atoms with van der Waals surface area (Å²) < 4.78 is 23.7. The molecule has 3 fully saturated rings. The van der Waals surface area contributed by atoms with Gasteiger partial charge in [-0.1, -0.05) is 0 Å². The first-order valence-corrected chi connectivity index (χ1v) is 7.69. The summed E-state index contributed by atoms with van der Waals surface area (Å²) in [6, 6.07) is 0. The summed E-state index contributed by atoms with van der Waals surface area (Å²) in [5.74, 6) is -1.74. The maximum absolute atomic E-state index is 11.2. The van der Waals surface area contributed by atoms with Gasteiger partial charge in [-0.15, -0.1) is 0 Å². The van der Waals surface area contributed by atoms with Crippen molar-refractivity contribution in [2.45, 2.75) is 82.6 Å². The van der Waals surface area contributed by atoms with Gasteiger partial charge in [0, 0.05) is 19.9 Å². The zero-order valence-corrected chi connectivity index (χ0v) is 13.7. The molecule has 2 saturated heterocycles. The van der Waals surface area contributed by atoms with E-state index in [1.165, 1.54) is 6.92 Å². The van der Waals surface area contributed by atoms with Gasteiger partial charge in [0.25, 0.3) is 0 Å². The largest absolute Gasteiger partial charge is 0.385 e. The van der Waals surface area contributed by atoms with E-state index in [-0.39, 0.29) is 24.7 Å². The van der Waals surface area contributed by atoms with Gasteiger partial charge in [0.05, 0.1) is 6.10 Å². The first-order valence-electron chi connectivity index (χ1n) is 7.69. The minimum absolute atomic E-state index is 0.0932. The van der Waals surface area contributed by atoms with E-state index in [2.05, 4.69) is 5.32 Å². The first kappa shape index (κ1) is 16.1.